The molecule has 2 aromatic carbocycles. The Morgan fingerprint density at radius 2 is 1.75 bits per heavy atom. The maximum Gasteiger partial charge on any atom is 0.335 e. The monoisotopic (exact) mass is 456 g/mol. The van der Waals surface area contributed by atoms with E-state index < -0.39 is 61.9 Å². The second kappa shape index (κ2) is 10.4. The summed E-state index contributed by atoms with van der Waals surface area (Å²) in [6.45, 7) is -3.06. The van der Waals surface area contributed by atoms with Crippen molar-refractivity contribution in [2.75, 3.05) is 13.1 Å². The maximum absolute atomic E-state index is 11.4. The summed E-state index contributed by atoms with van der Waals surface area (Å²) in [5.41, 5.74) is 0. The van der Waals surface area contributed by atoms with Crippen molar-refractivity contribution in [2.24, 2.45) is 0 Å². The molecule has 3 unspecified atom stereocenters. The van der Waals surface area contributed by atoms with Crippen molar-refractivity contribution in [2.45, 2.75) is 56.7 Å². The van der Waals surface area contributed by atoms with Crippen LogP contribution in [0.4, 0.5) is 0 Å². The molecule has 0 saturated carbocycles. The summed E-state index contributed by atoms with van der Waals surface area (Å²) >= 11 is 0. The van der Waals surface area contributed by atoms with Crippen molar-refractivity contribution in [1.82, 2.24) is 5.32 Å². The van der Waals surface area contributed by atoms with Crippen molar-refractivity contribution in [3.05, 3.63) is 36.4 Å². The molecule has 6 atom stereocenters. The number of carboxylic acids is 1. The summed E-state index contributed by atoms with van der Waals surface area (Å²) in [5, 5.41) is 52.7. The van der Waals surface area contributed by atoms with Gasteiger partial charge in [0.1, 0.15) is 42.4 Å². The van der Waals surface area contributed by atoms with Crippen LogP contribution >= 0.6 is 0 Å². The normalized spacial score (nSPS) is 31.0. The lowest BCUT2D eigenvalue weighted by Gasteiger charge is -2.38. The van der Waals surface area contributed by atoms with E-state index in [0.29, 0.717) is 0 Å². The molecule has 1 aliphatic heterocycles. The Bertz CT molecular complexity index is 1130. The lowest BCUT2D eigenvalue weighted by molar-refractivity contribution is -0.270. The molecule has 0 amide bonds. The molecule has 0 aliphatic carbocycles. The Morgan fingerprint density at radius 1 is 1.12 bits per heavy atom. The van der Waals surface area contributed by atoms with E-state index in [0.717, 1.165) is 0 Å². The minimum atomic E-state index is -3.40. The number of hydrogen-bond donors (Lipinski definition) is 6. The van der Waals surface area contributed by atoms with E-state index in [1.807, 2.05) is 0 Å². The zero-order valence-corrected chi connectivity index (χ0v) is 17.3. The summed E-state index contributed by atoms with van der Waals surface area (Å²) < 4.78 is 56.4. The van der Waals surface area contributed by atoms with E-state index in [2.05, 4.69) is 5.32 Å². The molecule has 10 heteroatoms. The van der Waals surface area contributed by atoms with Gasteiger partial charge in [-0.3, -0.25) is 0 Å². The van der Waals surface area contributed by atoms with Crippen LogP contribution in [0.2, 0.25) is 0 Å². The fourth-order valence-electron chi connectivity index (χ4n) is 3.05. The molecule has 1 aliphatic rings. The second-order valence-electron chi connectivity index (χ2n) is 7.44. The third-order valence-electron chi connectivity index (χ3n) is 4.64. The number of aliphatic carboxylic acids is 1. The molecule has 0 radical (unpaired) electrons. The van der Waals surface area contributed by atoms with Crippen LogP contribution < -0.4 is 14.8 Å². The number of benzene rings is 2. The van der Waals surface area contributed by atoms with Crippen LogP contribution in [0.3, 0.4) is 0 Å². The van der Waals surface area contributed by atoms with Gasteiger partial charge in [-0.1, -0.05) is 38.1 Å². The molecule has 6 N–H and O–H groups in total. The van der Waals surface area contributed by atoms with Gasteiger partial charge in [0, 0.05) is 26.1 Å². The molecule has 10 nitrogen and oxygen atoms in total. The lowest BCUT2D eigenvalue weighted by Crippen LogP contribution is -2.61. The van der Waals surface area contributed by atoms with Crippen molar-refractivity contribution in [1.29, 1.82) is 0 Å². The third-order valence-corrected chi connectivity index (χ3v) is 4.64. The predicted molar refractivity (Wildman–Crippen MR) is 114 cm³/mol. The largest absolute Gasteiger partial charge is 0.490 e. The predicted octanol–water partition coefficient (Wildman–Crippen LogP) is -0.151. The first-order valence-electron chi connectivity index (χ1n) is 12.3. The molecule has 0 aromatic heterocycles. The lowest BCUT2D eigenvalue weighted by atomic mass is 9.99. The van der Waals surface area contributed by atoms with Gasteiger partial charge < -0.3 is 45.1 Å². The number of ether oxygens (including phenoxy) is 3. The maximum atomic E-state index is 11.4. The number of aliphatic hydroxyl groups is 4. The van der Waals surface area contributed by atoms with Gasteiger partial charge in [-0.15, -0.1) is 0 Å². The van der Waals surface area contributed by atoms with Crippen LogP contribution in [0.25, 0.3) is 10.8 Å². The number of hydrogen-bond acceptors (Lipinski definition) is 9. The first-order valence-corrected chi connectivity index (χ1v) is 9.80. The van der Waals surface area contributed by atoms with Gasteiger partial charge >= 0.3 is 5.97 Å². The molecule has 32 heavy (non-hydrogen) atoms. The van der Waals surface area contributed by atoms with Crippen LogP contribution in [-0.2, 0) is 9.53 Å². The SMILES string of the molecule is [2H]C([2H])(NC(C)C)C([2H])(O)C([2H])([2H])Oc1ccc(O[C@@H]2OC(C(=O)O)[C@@H](O)[C@@H](O)C2O)c2ccccc12. The number of aliphatic hydroxyl groups excluding tert-OH is 3. The molecule has 176 valence electrons. The quantitative estimate of drug-likeness (QED) is 0.300. The molecular weight excluding hydrogens is 422 g/mol. The summed E-state index contributed by atoms with van der Waals surface area (Å²) in [6, 6.07) is 8.05. The van der Waals surface area contributed by atoms with Gasteiger partial charge in [-0.05, 0) is 12.1 Å². The Kier molecular flexibility index (Phi) is 5.87. The highest BCUT2D eigenvalue weighted by molar-refractivity contribution is 5.93. The van der Waals surface area contributed by atoms with E-state index in [9.17, 15) is 30.3 Å². The van der Waals surface area contributed by atoms with Crippen LogP contribution in [-0.4, -0.2) is 87.4 Å². The van der Waals surface area contributed by atoms with Crippen LogP contribution in [0.1, 0.15) is 20.7 Å². The summed E-state index contributed by atoms with van der Waals surface area (Å²) in [5.74, 6) is -1.78. The molecular formula is C22H29NO9. The van der Waals surface area contributed by atoms with Crippen molar-refractivity contribution >= 4 is 16.7 Å². The minimum absolute atomic E-state index is 0.00164. The smallest absolute Gasteiger partial charge is 0.335 e. The topological polar surface area (TPSA) is 158 Å². The average Bonchev–Trinajstić information content (AvgIpc) is 2.79. The minimum Gasteiger partial charge on any atom is -0.490 e. The van der Waals surface area contributed by atoms with Gasteiger partial charge in [0.05, 0.1) is 4.11 Å². The van der Waals surface area contributed by atoms with Crippen molar-refractivity contribution in [3.8, 4) is 11.5 Å². The zero-order valence-electron chi connectivity index (χ0n) is 22.3. The molecule has 1 fully saturated rings. The molecule has 0 spiro atoms. The number of fused-ring (bicyclic) bond motifs is 1. The number of nitrogens with one attached hydrogen (secondary N) is 1. The zero-order chi connectivity index (χ0) is 27.9. The van der Waals surface area contributed by atoms with Crippen molar-refractivity contribution in [3.63, 3.8) is 0 Å². The summed E-state index contributed by atoms with van der Waals surface area (Å²) in [7, 11) is 0. The van der Waals surface area contributed by atoms with Gasteiger partial charge in [0.2, 0.25) is 6.29 Å². The summed E-state index contributed by atoms with van der Waals surface area (Å²) in [4.78, 5) is 11.4. The molecule has 0 bridgehead atoms. The van der Waals surface area contributed by atoms with Gasteiger partial charge in [0.25, 0.3) is 0 Å². The average molecular weight is 457 g/mol. The second-order valence-corrected chi connectivity index (χ2v) is 7.44. The van der Waals surface area contributed by atoms with Crippen LogP contribution in [0, 0.1) is 0 Å². The van der Waals surface area contributed by atoms with Crippen molar-refractivity contribution < 1.29 is 51.4 Å². The molecule has 1 heterocycles. The first-order chi connectivity index (χ1) is 17.0. The van der Waals surface area contributed by atoms with Crippen LogP contribution in [0.5, 0.6) is 11.5 Å². The van der Waals surface area contributed by atoms with E-state index in [4.69, 9.17) is 21.1 Å². The highest BCUT2D eigenvalue weighted by Gasteiger charge is 2.48. The third kappa shape index (κ3) is 5.47. The number of carboxylic acid groups (broad SMARTS) is 1. The number of rotatable bonds is 9. The van der Waals surface area contributed by atoms with Gasteiger partial charge in [0.15, 0.2) is 6.10 Å². The Morgan fingerprint density at radius 3 is 2.38 bits per heavy atom. The van der Waals surface area contributed by atoms with Gasteiger partial charge in [-0.2, -0.15) is 0 Å². The Labute approximate surface area is 192 Å². The Hall–Kier alpha value is -2.47. The Balaban J connectivity index is 1.95. The molecule has 3 rings (SSSR count). The number of carbonyl (C=O) groups is 1. The van der Waals surface area contributed by atoms with Crippen LogP contribution in [0.15, 0.2) is 36.4 Å². The standard InChI is InChI=1S/C22H29NO9/c1-11(2)23-9-12(24)10-30-15-7-8-16(14-6-4-3-5-13(14)15)31-22-19(27)17(25)18(26)20(32-22)21(28)29/h3-8,11-12,17-20,22-27H,9-10H2,1-2H3,(H,28,29)/t12?,17-,18+,19?,20?,22-/m1/s1/i9D2,10D2,12D. The highest BCUT2D eigenvalue weighted by Crippen LogP contribution is 2.35. The van der Waals surface area contributed by atoms with E-state index >= 15 is 0 Å². The molecule has 1 saturated heterocycles. The van der Waals surface area contributed by atoms with E-state index in [1.54, 1.807) is 26.0 Å². The van der Waals surface area contributed by atoms with Gasteiger partial charge in [-0.25, -0.2) is 4.79 Å². The summed E-state index contributed by atoms with van der Waals surface area (Å²) in [6.07, 6.45) is -12.6. The fourth-order valence-corrected chi connectivity index (χ4v) is 3.05. The fraction of sp³-hybridized carbons (Fsp3) is 0.500. The van der Waals surface area contributed by atoms with E-state index in [1.165, 1.54) is 24.3 Å². The first kappa shape index (κ1) is 18.0. The molecule has 2 aromatic rings. The van der Waals surface area contributed by atoms with E-state index in [-0.39, 0.29) is 22.3 Å². The highest BCUT2D eigenvalue weighted by atomic mass is 16.7.